The first-order valence-electron chi connectivity index (χ1n) is 12.3. The highest BCUT2D eigenvalue weighted by Gasteiger charge is 2.44. The molecule has 4 rings (SSSR count). The third-order valence-electron chi connectivity index (χ3n) is 6.02. The predicted molar refractivity (Wildman–Crippen MR) is 144 cm³/mol. The Balaban J connectivity index is 1.40. The highest BCUT2D eigenvalue weighted by molar-refractivity contribution is 7.80. The van der Waals surface area contributed by atoms with Crippen LogP contribution in [0.1, 0.15) is 44.8 Å². The van der Waals surface area contributed by atoms with Crippen molar-refractivity contribution in [1.82, 2.24) is 4.90 Å². The van der Waals surface area contributed by atoms with E-state index in [9.17, 15) is 9.59 Å². The van der Waals surface area contributed by atoms with Crippen molar-refractivity contribution >= 4 is 40.5 Å². The van der Waals surface area contributed by atoms with Crippen molar-refractivity contribution in [2.24, 2.45) is 0 Å². The number of hydrogen-bond acceptors (Lipinski definition) is 5. The number of unbranched alkanes of at least 4 members (excludes halogenated alkanes) is 3. The third kappa shape index (κ3) is 6.31. The van der Waals surface area contributed by atoms with Crippen LogP contribution in [0.3, 0.4) is 0 Å². The molecule has 36 heavy (non-hydrogen) atoms. The number of furan rings is 1. The molecule has 1 saturated heterocycles. The molecule has 1 aliphatic heterocycles. The lowest BCUT2D eigenvalue weighted by Crippen LogP contribution is -2.37. The van der Waals surface area contributed by atoms with Gasteiger partial charge in [0.25, 0.3) is 5.91 Å². The summed E-state index contributed by atoms with van der Waals surface area (Å²) in [4.78, 5) is 29.6. The zero-order chi connectivity index (χ0) is 25.3. The number of ether oxygens (including phenoxy) is 1. The summed E-state index contributed by atoms with van der Waals surface area (Å²) in [5, 5.41) is 3.24. The Morgan fingerprint density at radius 2 is 1.81 bits per heavy atom. The summed E-state index contributed by atoms with van der Waals surface area (Å²) in [6.07, 6.45) is 6.12. The normalized spacial score (nSPS) is 15.4. The van der Waals surface area contributed by atoms with Gasteiger partial charge in [0.05, 0.1) is 31.5 Å². The second kappa shape index (κ2) is 12.4. The number of rotatable bonds is 12. The highest BCUT2D eigenvalue weighted by Crippen LogP contribution is 2.29. The number of anilines is 2. The van der Waals surface area contributed by atoms with Gasteiger partial charge in [0.2, 0.25) is 5.91 Å². The molecule has 0 spiro atoms. The molecule has 1 N–H and O–H groups in total. The Kier molecular flexibility index (Phi) is 8.73. The van der Waals surface area contributed by atoms with Crippen LogP contribution in [0.5, 0.6) is 5.75 Å². The molecule has 3 aromatic rings. The molecule has 2 heterocycles. The molecule has 0 unspecified atom stereocenters. The van der Waals surface area contributed by atoms with Gasteiger partial charge in [-0.3, -0.25) is 14.5 Å². The van der Waals surface area contributed by atoms with Gasteiger partial charge in [0.15, 0.2) is 5.11 Å². The molecule has 1 aliphatic rings. The number of nitrogens with one attached hydrogen (secondary N) is 1. The summed E-state index contributed by atoms with van der Waals surface area (Å²) in [6, 6.07) is 19.4. The quantitative estimate of drug-likeness (QED) is 0.249. The first kappa shape index (κ1) is 25.4. The topological polar surface area (TPSA) is 75.0 Å². The molecule has 1 aromatic heterocycles. The first-order chi connectivity index (χ1) is 17.6. The SMILES string of the molecule is CCCCCCOc1ccc(NC(=O)C[C@H]2C(=O)N(c3ccccc3)C(=S)N2Cc2ccco2)cc1. The number of thiocarbonyl (C=S) groups is 1. The van der Waals surface area contributed by atoms with Gasteiger partial charge >= 0.3 is 0 Å². The van der Waals surface area contributed by atoms with E-state index in [0.717, 1.165) is 18.6 Å². The van der Waals surface area contributed by atoms with Crippen molar-refractivity contribution in [1.29, 1.82) is 0 Å². The van der Waals surface area contributed by atoms with Gasteiger partial charge in [0.1, 0.15) is 17.6 Å². The van der Waals surface area contributed by atoms with E-state index in [1.54, 1.807) is 29.4 Å². The van der Waals surface area contributed by atoms with Crippen LogP contribution < -0.4 is 15.0 Å². The highest BCUT2D eigenvalue weighted by atomic mass is 32.1. The van der Waals surface area contributed by atoms with Gasteiger partial charge in [-0.1, -0.05) is 44.4 Å². The largest absolute Gasteiger partial charge is 0.494 e. The lowest BCUT2D eigenvalue weighted by Gasteiger charge is -2.22. The van der Waals surface area contributed by atoms with Crippen molar-refractivity contribution in [2.75, 3.05) is 16.8 Å². The number of para-hydroxylation sites is 1. The maximum Gasteiger partial charge on any atom is 0.256 e. The van der Waals surface area contributed by atoms with E-state index in [-0.39, 0.29) is 18.2 Å². The molecule has 2 amide bonds. The molecular formula is C28H31N3O4S. The maximum atomic E-state index is 13.4. The van der Waals surface area contributed by atoms with Gasteiger partial charge < -0.3 is 19.4 Å². The number of amides is 2. The smallest absolute Gasteiger partial charge is 0.256 e. The maximum absolute atomic E-state index is 13.4. The lowest BCUT2D eigenvalue weighted by molar-refractivity contribution is -0.124. The van der Waals surface area contributed by atoms with Gasteiger partial charge in [-0.15, -0.1) is 0 Å². The van der Waals surface area contributed by atoms with Gasteiger partial charge in [-0.05, 0) is 67.2 Å². The number of benzene rings is 2. The van der Waals surface area contributed by atoms with Crippen molar-refractivity contribution < 1.29 is 18.7 Å². The molecule has 8 heteroatoms. The zero-order valence-corrected chi connectivity index (χ0v) is 21.2. The summed E-state index contributed by atoms with van der Waals surface area (Å²) in [5.41, 5.74) is 1.31. The fraction of sp³-hybridized carbons (Fsp3) is 0.321. The fourth-order valence-corrected chi connectivity index (χ4v) is 4.53. The van der Waals surface area contributed by atoms with Crippen LogP contribution in [0.25, 0.3) is 0 Å². The van der Waals surface area contributed by atoms with Gasteiger partial charge in [-0.25, -0.2) is 0 Å². The monoisotopic (exact) mass is 505 g/mol. The Morgan fingerprint density at radius 1 is 1.03 bits per heavy atom. The summed E-state index contributed by atoms with van der Waals surface area (Å²) in [6.45, 7) is 3.16. The molecule has 0 radical (unpaired) electrons. The van der Waals surface area contributed by atoms with Crippen LogP contribution in [0.2, 0.25) is 0 Å². The van der Waals surface area contributed by atoms with Crippen molar-refractivity contribution in [3.63, 3.8) is 0 Å². The number of nitrogens with zero attached hydrogens (tertiary/aromatic N) is 2. The van der Waals surface area contributed by atoms with Crippen molar-refractivity contribution in [3.8, 4) is 5.75 Å². The Labute approximate surface area is 217 Å². The van der Waals surface area contributed by atoms with E-state index in [0.29, 0.717) is 35.4 Å². The Morgan fingerprint density at radius 3 is 2.50 bits per heavy atom. The van der Waals surface area contributed by atoms with Crippen LogP contribution in [0, 0.1) is 0 Å². The molecule has 2 aromatic carbocycles. The van der Waals surface area contributed by atoms with Crippen molar-refractivity contribution in [2.45, 2.75) is 51.6 Å². The van der Waals surface area contributed by atoms with E-state index in [2.05, 4.69) is 12.2 Å². The summed E-state index contributed by atoms with van der Waals surface area (Å²) < 4.78 is 11.3. The Bertz CT molecular complexity index is 1150. The summed E-state index contributed by atoms with van der Waals surface area (Å²) >= 11 is 5.67. The van der Waals surface area contributed by atoms with Gasteiger partial charge in [0, 0.05) is 5.69 Å². The Hall–Kier alpha value is -3.65. The minimum absolute atomic E-state index is 0.0430. The second-order valence-electron chi connectivity index (χ2n) is 8.70. The van der Waals surface area contributed by atoms with E-state index in [1.807, 2.05) is 48.5 Å². The molecule has 0 aliphatic carbocycles. The van der Waals surface area contributed by atoms with Crippen LogP contribution in [0.15, 0.2) is 77.4 Å². The molecule has 1 fully saturated rings. The third-order valence-corrected chi connectivity index (χ3v) is 6.44. The predicted octanol–water partition coefficient (Wildman–Crippen LogP) is 5.77. The zero-order valence-electron chi connectivity index (χ0n) is 20.4. The molecule has 7 nitrogen and oxygen atoms in total. The number of hydrogen-bond donors (Lipinski definition) is 1. The van der Waals surface area contributed by atoms with Crippen LogP contribution >= 0.6 is 12.2 Å². The molecule has 0 bridgehead atoms. The van der Waals surface area contributed by atoms with E-state index < -0.39 is 6.04 Å². The second-order valence-corrected chi connectivity index (χ2v) is 9.07. The van der Waals surface area contributed by atoms with Crippen LogP contribution in [0.4, 0.5) is 11.4 Å². The van der Waals surface area contributed by atoms with Crippen LogP contribution in [-0.2, 0) is 16.1 Å². The molecule has 1 atom stereocenters. The minimum Gasteiger partial charge on any atom is -0.494 e. The number of carbonyl (C=O) groups is 2. The average Bonchev–Trinajstić information content (AvgIpc) is 3.48. The standard InChI is InChI=1S/C28H31N3O4S/c1-2-3-4-8-17-34-23-15-13-21(14-16-23)29-26(32)19-25-27(33)31(22-10-6-5-7-11-22)28(36)30(25)20-24-12-9-18-35-24/h5-7,9-16,18,25H,2-4,8,17,19-20H2,1H3,(H,29,32)/t25-/m0/s1. The number of carbonyl (C=O) groups excluding carboxylic acids is 2. The summed E-state index contributed by atoms with van der Waals surface area (Å²) in [5.74, 6) is 0.920. The minimum atomic E-state index is -0.742. The van der Waals surface area contributed by atoms with E-state index >= 15 is 0 Å². The van der Waals surface area contributed by atoms with Crippen LogP contribution in [-0.4, -0.2) is 34.5 Å². The van der Waals surface area contributed by atoms with Gasteiger partial charge in [-0.2, -0.15) is 0 Å². The molecule has 0 saturated carbocycles. The van der Waals surface area contributed by atoms with E-state index in [1.165, 1.54) is 17.7 Å². The lowest BCUT2D eigenvalue weighted by atomic mass is 10.1. The fourth-order valence-electron chi connectivity index (χ4n) is 4.14. The first-order valence-corrected chi connectivity index (χ1v) is 12.7. The average molecular weight is 506 g/mol. The van der Waals surface area contributed by atoms with Crippen molar-refractivity contribution in [3.05, 3.63) is 78.8 Å². The van der Waals surface area contributed by atoms with E-state index in [4.69, 9.17) is 21.4 Å². The molecule has 188 valence electrons. The molecular weight excluding hydrogens is 474 g/mol. The summed E-state index contributed by atoms with van der Waals surface area (Å²) in [7, 11) is 0.